The van der Waals surface area contributed by atoms with Crippen molar-refractivity contribution in [1.29, 1.82) is 0 Å². The van der Waals surface area contributed by atoms with Gasteiger partial charge < -0.3 is 4.98 Å². The number of rotatable bonds is 1. The summed E-state index contributed by atoms with van der Waals surface area (Å²) in [6, 6.07) is 0.261. The van der Waals surface area contributed by atoms with Gasteiger partial charge in [0.25, 0.3) is 5.56 Å². The van der Waals surface area contributed by atoms with Crippen LogP contribution < -0.4 is 5.56 Å². The Balaban J connectivity index is 1.98. The number of fused-ring (bicyclic) bond motifs is 1. The highest BCUT2D eigenvalue weighted by molar-refractivity contribution is 7.99. The summed E-state index contributed by atoms with van der Waals surface area (Å²) in [5.74, 6) is 4.73. The molecule has 0 spiro atoms. The van der Waals surface area contributed by atoms with Gasteiger partial charge in [0.2, 0.25) is 0 Å². The van der Waals surface area contributed by atoms with E-state index in [4.69, 9.17) is 0 Å². The highest BCUT2D eigenvalue weighted by Gasteiger charge is 2.26. The summed E-state index contributed by atoms with van der Waals surface area (Å²) >= 11 is 3.70. The van der Waals surface area contributed by atoms with E-state index in [0.29, 0.717) is 0 Å². The van der Waals surface area contributed by atoms with Gasteiger partial charge in [-0.1, -0.05) is 0 Å². The molecular weight excluding hydrogens is 254 g/mol. The van der Waals surface area contributed by atoms with Crippen LogP contribution >= 0.6 is 23.5 Å². The molecule has 1 N–H and O–H groups in total. The Kier molecular flexibility index (Phi) is 3.19. The molecule has 2 aliphatic rings. The molecule has 0 bridgehead atoms. The lowest BCUT2D eigenvalue weighted by atomic mass is 10.2. The summed E-state index contributed by atoms with van der Waals surface area (Å²) in [4.78, 5) is 21.9. The van der Waals surface area contributed by atoms with Gasteiger partial charge in [0.15, 0.2) is 0 Å². The molecule has 0 amide bonds. The van der Waals surface area contributed by atoms with Gasteiger partial charge >= 0.3 is 0 Å². The molecule has 3 rings (SSSR count). The highest BCUT2D eigenvalue weighted by atomic mass is 32.2. The van der Waals surface area contributed by atoms with Crippen molar-refractivity contribution < 1.29 is 0 Å². The zero-order chi connectivity index (χ0) is 11.8. The van der Waals surface area contributed by atoms with Gasteiger partial charge in [-0.2, -0.15) is 23.5 Å². The Hall–Kier alpha value is -0.460. The third-order valence-corrected chi connectivity index (χ3v) is 5.31. The third kappa shape index (κ3) is 2.13. The molecule has 2 aliphatic heterocycles. The Morgan fingerprint density at radius 3 is 3.12 bits per heavy atom. The van der Waals surface area contributed by atoms with Crippen LogP contribution in [-0.4, -0.2) is 40.0 Å². The number of thioether (sulfide) groups is 2. The quantitative estimate of drug-likeness (QED) is 0.831. The third-order valence-electron chi connectivity index (χ3n) is 3.32. The van der Waals surface area contributed by atoms with Crippen molar-refractivity contribution in [2.24, 2.45) is 0 Å². The fourth-order valence-corrected chi connectivity index (χ4v) is 4.47. The van der Waals surface area contributed by atoms with E-state index in [0.717, 1.165) is 46.6 Å². The topological polar surface area (TPSA) is 49.0 Å². The Morgan fingerprint density at radius 1 is 1.41 bits per heavy atom. The lowest BCUT2D eigenvalue weighted by Gasteiger charge is -2.31. The van der Waals surface area contributed by atoms with Crippen LogP contribution in [0.3, 0.4) is 0 Å². The molecule has 1 unspecified atom stereocenters. The fraction of sp³-hybridized carbons (Fsp3) is 0.636. The molecule has 92 valence electrons. The molecule has 1 aromatic rings. The predicted octanol–water partition coefficient (Wildman–Crippen LogP) is 1.24. The molecule has 4 nitrogen and oxygen atoms in total. The number of hydrogen-bond donors (Lipinski definition) is 1. The van der Waals surface area contributed by atoms with Crippen molar-refractivity contribution in [2.45, 2.75) is 17.5 Å². The van der Waals surface area contributed by atoms with Gasteiger partial charge in [-0.05, 0) is 7.05 Å². The molecule has 1 fully saturated rings. The largest absolute Gasteiger partial charge is 0.309 e. The van der Waals surface area contributed by atoms with Crippen molar-refractivity contribution in [1.82, 2.24) is 14.9 Å². The van der Waals surface area contributed by atoms with Gasteiger partial charge in [-0.15, -0.1) is 0 Å². The normalized spacial score (nSPS) is 24.9. The average molecular weight is 269 g/mol. The summed E-state index contributed by atoms with van der Waals surface area (Å²) in [6.07, 6.45) is 0. The molecular formula is C11H15N3OS2. The zero-order valence-electron chi connectivity index (χ0n) is 9.73. The lowest BCUT2D eigenvalue weighted by molar-refractivity contribution is 0.263. The molecule has 3 heterocycles. The Labute approximate surface area is 109 Å². The smallest absolute Gasteiger partial charge is 0.255 e. The summed E-state index contributed by atoms with van der Waals surface area (Å²) in [6.45, 7) is 1.06. The van der Waals surface area contributed by atoms with E-state index in [1.165, 1.54) is 0 Å². The minimum Gasteiger partial charge on any atom is -0.309 e. The second-order valence-electron chi connectivity index (χ2n) is 4.44. The lowest BCUT2D eigenvalue weighted by Crippen LogP contribution is -2.35. The monoisotopic (exact) mass is 269 g/mol. The second-order valence-corrected chi connectivity index (χ2v) is 6.58. The second kappa shape index (κ2) is 4.66. The maximum atomic E-state index is 11.9. The van der Waals surface area contributed by atoms with E-state index >= 15 is 0 Å². The van der Waals surface area contributed by atoms with E-state index in [9.17, 15) is 4.79 Å². The van der Waals surface area contributed by atoms with E-state index in [2.05, 4.69) is 21.9 Å². The average Bonchev–Trinajstić information content (AvgIpc) is 2.78. The van der Waals surface area contributed by atoms with Crippen LogP contribution in [0.5, 0.6) is 0 Å². The van der Waals surface area contributed by atoms with Crippen molar-refractivity contribution in [2.75, 3.05) is 25.1 Å². The molecule has 6 heteroatoms. The first-order chi connectivity index (χ1) is 8.25. The number of H-pyrrole nitrogens is 1. The summed E-state index contributed by atoms with van der Waals surface area (Å²) in [5.41, 5.74) is 1.95. The summed E-state index contributed by atoms with van der Waals surface area (Å²) in [7, 11) is 2.10. The van der Waals surface area contributed by atoms with Gasteiger partial charge in [0.05, 0.1) is 11.7 Å². The SMILES string of the molecule is CN1CCSCC1c1nc2c(c(=O)[nH]1)CSC2. The Morgan fingerprint density at radius 2 is 2.29 bits per heavy atom. The molecule has 0 radical (unpaired) electrons. The molecule has 0 saturated carbocycles. The van der Waals surface area contributed by atoms with Crippen molar-refractivity contribution >= 4 is 23.5 Å². The van der Waals surface area contributed by atoms with Crippen LogP contribution in [0.4, 0.5) is 0 Å². The molecule has 1 aromatic heterocycles. The number of nitrogens with zero attached hydrogens (tertiary/aromatic N) is 2. The van der Waals surface area contributed by atoms with Crippen molar-refractivity contribution in [3.8, 4) is 0 Å². The maximum Gasteiger partial charge on any atom is 0.255 e. The van der Waals surface area contributed by atoms with Gasteiger partial charge in [0, 0.05) is 35.1 Å². The van der Waals surface area contributed by atoms with Crippen LogP contribution in [0.1, 0.15) is 23.1 Å². The van der Waals surface area contributed by atoms with Crippen LogP contribution in [0.2, 0.25) is 0 Å². The Bertz CT molecular complexity index is 488. The van der Waals surface area contributed by atoms with Gasteiger partial charge in [-0.25, -0.2) is 4.98 Å². The highest BCUT2D eigenvalue weighted by Crippen LogP contribution is 2.29. The first-order valence-electron chi connectivity index (χ1n) is 5.73. The van der Waals surface area contributed by atoms with Crippen LogP contribution in [0.15, 0.2) is 4.79 Å². The van der Waals surface area contributed by atoms with E-state index in [-0.39, 0.29) is 11.6 Å². The van der Waals surface area contributed by atoms with E-state index in [1.807, 2.05) is 11.8 Å². The van der Waals surface area contributed by atoms with E-state index < -0.39 is 0 Å². The molecule has 17 heavy (non-hydrogen) atoms. The minimum atomic E-state index is 0.0685. The fourth-order valence-electron chi connectivity index (χ4n) is 2.21. The zero-order valence-corrected chi connectivity index (χ0v) is 11.4. The van der Waals surface area contributed by atoms with E-state index in [1.54, 1.807) is 11.8 Å². The minimum absolute atomic E-state index is 0.0685. The number of nitrogens with one attached hydrogen (secondary N) is 1. The molecule has 1 saturated heterocycles. The summed E-state index contributed by atoms with van der Waals surface area (Å²) < 4.78 is 0. The van der Waals surface area contributed by atoms with Crippen LogP contribution in [0, 0.1) is 0 Å². The maximum absolute atomic E-state index is 11.9. The van der Waals surface area contributed by atoms with Crippen molar-refractivity contribution in [3.63, 3.8) is 0 Å². The molecule has 1 atom stereocenters. The number of aromatic nitrogens is 2. The van der Waals surface area contributed by atoms with Crippen molar-refractivity contribution in [3.05, 3.63) is 27.4 Å². The standard InChI is InChI=1S/C11H15N3OS2/c1-14-2-3-16-6-9(14)10-12-8-5-17-4-7(8)11(15)13-10/h9H,2-6H2,1H3,(H,12,13,15). The predicted molar refractivity (Wildman–Crippen MR) is 72.6 cm³/mol. The first kappa shape index (κ1) is 11.6. The van der Waals surface area contributed by atoms with Gasteiger partial charge in [-0.3, -0.25) is 9.69 Å². The number of hydrogen-bond acceptors (Lipinski definition) is 5. The molecule has 0 aliphatic carbocycles. The summed E-state index contributed by atoms with van der Waals surface area (Å²) in [5, 5.41) is 0. The van der Waals surface area contributed by atoms with Crippen LogP contribution in [-0.2, 0) is 11.5 Å². The first-order valence-corrected chi connectivity index (χ1v) is 8.04. The van der Waals surface area contributed by atoms with Crippen LogP contribution in [0.25, 0.3) is 0 Å². The molecule has 0 aromatic carbocycles. The number of aromatic amines is 1. The van der Waals surface area contributed by atoms with Gasteiger partial charge in [0.1, 0.15) is 5.82 Å².